The van der Waals surface area contributed by atoms with E-state index in [1.165, 1.54) is 0 Å². The summed E-state index contributed by atoms with van der Waals surface area (Å²) in [5.74, 6) is 0.585. The molecule has 0 atom stereocenters. The molecule has 0 radical (unpaired) electrons. The van der Waals surface area contributed by atoms with E-state index in [1.54, 1.807) is 18.7 Å². The van der Waals surface area contributed by atoms with Crippen LogP contribution in [0.4, 0.5) is 17.3 Å². The van der Waals surface area contributed by atoms with Gasteiger partial charge in [-0.2, -0.15) is 0 Å². The van der Waals surface area contributed by atoms with Gasteiger partial charge in [-0.05, 0) is 37.1 Å². The summed E-state index contributed by atoms with van der Waals surface area (Å²) in [4.78, 5) is 20.2. The maximum atomic E-state index is 6.66. The standard InChI is InChI=1S/C25H26N6/c1-3-25(26,4-2)22-17-27-18-30-23(22)19-15-28-24(29-16-19)31(20-11-7-5-8-12-20)21-13-9-6-10-14-21/h5-18H,3-4,26H2,1-2H3. The minimum atomic E-state index is -0.491. The molecule has 4 aromatic rings. The van der Waals surface area contributed by atoms with Crippen molar-refractivity contribution in [1.82, 2.24) is 19.9 Å². The minimum absolute atomic E-state index is 0.491. The van der Waals surface area contributed by atoms with Crippen LogP contribution >= 0.6 is 0 Å². The zero-order chi connectivity index (χ0) is 21.7. The fraction of sp³-hybridized carbons (Fsp3) is 0.200. The van der Waals surface area contributed by atoms with E-state index in [0.29, 0.717) is 5.95 Å². The molecule has 0 spiro atoms. The zero-order valence-electron chi connectivity index (χ0n) is 17.8. The van der Waals surface area contributed by atoms with E-state index in [0.717, 1.165) is 41.0 Å². The Morgan fingerprint density at radius 3 is 1.84 bits per heavy atom. The summed E-state index contributed by atoms with van der Waals surface area (Å²) >= 11 is 0. The van der Waals surface area contributed by atoms with Crippen LogP contribution in [-0.2, 0) is 5.54 Å². The van der Waals surface area contributed by atoms with Gasteiger partial charge in [-0.15, -0.1) is 0 Å². The molecule has 156 valence electrons. The summed E-state index contributed by atoms with van der Waals surface area (Å²) in [6.07, 6.45) is 8.54. The van der Waals surface area contributed by atoms with Crippen molar-refractivity contribution in [1.29, 1.82) is 0 Å². The van der Waals surface area contributed by atoms with Gasteiger partial charge in [0.05, 0.1) is 5.69 Å². The van der Waals surface area contributed by atoms with Gasteiger partial charge in [0.25, 0.3) is 0 Å². The van der Waals surface area contributed by atoms with Gasteiger partial charge < -0.3 is 5.73 Å². The molecule has 0 bridgehead atoms. The minimum Gasteiger partial charge on any atom is -0.321 e. The number of para-hydroxylation sites is 2. The van der Waals surface area contributed by atoms with E-state index in [-0.39, 0.29) is 0 Å². The van der Waals surface area contributed by atoms with Gasteiger partial charge >= 0.3 is 0 Å². The average Bonchev–Trinajstić information content (AvgIpc) is 2.85. The van der Waals surface area contributed by atoms with Gasteiger partial charge in [0.2, 0.25) is 5.95 Å². The Morgan fingerprint density at radius 2 is 1.32 bits per heavy atom. The van der Waals surface area contributed by atoms with Gasteiger partial charge in [0.1, 0.15) is 6.33 Å². The van der Waals surface area contributed by atoms with Crippen LogP contribution in [0.25, 0.3) is 11.3 Å². The first-order valence-corrected chi connectivity index (χ1v) is 10.5. The Kier molecular flexibility index (Phi) is 6.00. The van der Waals surface area contributed by atoms with Gasteiger partial charge in [0.15, 0.2) is 0 Å². The normalized spacial score (nSPS) is 11.3. The molecule has 0 unspecified atom stereocenters. The molecule has 2 aromatic heterocycles. The first-order chi connectivity index (χ1) is 15.2. The van der Waals surface area contributed by atoms with Crippen LogP contribution in [0.2, 0.25) is 0 Å². The molecule has 0 saturated heterocycles. The van der Waals surface area contributed by atoms with Crippen LogP contribution in [0.3, 0.4) is 0 Å². The molecule has 2 N–H and O–H groups in total. The second kappa shape index (κ2) is 9.02. The summed E-state index contributed by atoms with van der Waals surface area (Å²) in [6, 6.07) is 20.2. The third-order valence-corrected chi connectivity index (χ3v) is 5.65. The summed E-state index contributed by atoms with van der Waals surface area (Å²) < 4.78 is 0. The second-order valence-electron chi connectivity index (χ2n) is 7.43. The van der Waals surface area contributed by atoms with Crippen molar-refractivity contribution in [3.05, 3.63) is 91.1 Å². The lowest BCUT2D eigenvalue weighted by molar-refractivity contribution is 0.411. The number of hydrogen-bond acceptors (Lipinski definition) is 6. The fourth-order valence-corrected chi connectivity index (χ4v) is 3.65. The Hall–Kier alpha value is -3.64. The highest BCUT2D eigenvalue weighted by molar-refractivity contribution is 5.73. The van der Waals surface area contributed by atoms with Gasteiger partial charge in [-0.1, -0.05) is 50.2 Å². The van der Waals surface area contributed by atoms with Crippen molar-refractivity contribution in [2.24, 2.45) is 5.73 Å². The highest BCUT2D eigenvalue weighted by atomic mass is 15.3. The van der Waals surface area contributed by atoms with Crippen molar-refractivity contribution < 1.29 is 0 Å². The third-order valence-electron chi connectivity index (χ3n) is 5.65. The molecule has 2 heterocycles. The molecule has 0 aliphatic heterocycles. The van der Waals surface area contributed by atoms with Crippen LogP contribution in [0.1, 0.15) is 32.3 Å². The van der Waals surface area contributed by atoms with Crippen LogP contribution < -0.4 is 10.6 Å². The molecule has 31 heavy (non-hydrogen) atoms. The van der Waals surface area contributed by atoms with Crippen LogP contribution in [0.5, 0.6) is 0 Å². The quantitative estimate of drug-likeness (QED) is 0.441. The molecular formula is C25H26N6. The van der Waals surface area contributed by atoms with Crippen molar-refractivity contribution >= 4 is 17.3 Å². The van der Waals surface area contributed by atoms with Crippen molar-refractivity contribution in [3.8, 4) is 11.3 Å². The molecule has 0 amide bonds. The van der Waals surface area contributed by atoms with Crippen molar-refractivity contribution in [2.45, 2.75) is 32.2 Å². The Balaban J connectivity index is 1.76. The number of anilines is 3. The van der Waals surface area contributed by atoms with E-state index >= 15 is 0 Å². The molecule has 0 fully saturated rings. The first-order valence-electron chi connectivity index (χ1n) is 10.5. The molecule has 0 saturated carbocycles. The van der Waals surface area contributed by atoms with Crippen molar-refractivity contribution in [3.63, 3.8) is 0 Å². The van der Waals surface area contributed by atoms with E-state index < -0.39 is 5.54 Å². The van der Waals surface area contributed by atoms with Gasteiger partial charge in [0, 0.05) is 46.6 Å². The van der Waals surface area contributed by atoms with E-state index in [4.69, 9.17) is 15.7 Å². The summed E-state index contributed by atoms with van der Waals surface area (Å²) in [6.45, 7) is 4.16. The molecule has 4 rings (SSSR count). The Bertz CT molecular complexity index is 1070. The number of aromatic nitrogens is 4. The molecule has 6 nitrogen and oxygen atoms in total. The van der Waals surface area contributed by atoms with E-state index in [2.05, 4.69) is 23.8 Å². The van der Waals surface area contributed by atoms with Crippen LogP contribution in [0.15, 0.2) is 85.6 Å². The predicted molar refractivity (Wildman–Crippen MR) is 124 cm³/mol. The third kappa shape index (κ3) is 4.15. The number of nitrogens with zero attached hydrogens (tertiary/aromatic N) is 5. The SMILES string of the molecule is CCC(N)(CC)c1cncnc1-c1cnc(N(c2ccccc2)c2ccccc2)nc1. The largest absolute Gasteiger partial charge is 0.321 e. The Labute approximate surface area is 182 Å². The monoisotopic (exact) mass is 410 g/mol. The highest BCUT2D eigenvalue weighted by Gasteiger charge is 2.28. The van der Waals surface area contributed by atoms with E-state index in [1.807, 2.05) is 71.8 Å². The molecule has 6 heteroatoms. The van der Waals surface area contributed by atoms with Gasteiger partial charge in [-0.3, -0.25) is 4.90 Å². The molecule has 0 aliphatic carbocycles. The maximum Gasteiger partial charge on any atom is 0.234 e. The number of nitrogens with two attached hydrogens (primary N) is 1. The molecular weight excluding hydrogens is 384 g/mol. The molecule has 2 aromatic carbocycles. The summed E-state index contributed by atoms with van der Waals surface area (Å²) in [5, 5.41) is 0. The first kappa shape index (κ1) is 20.6. The number of benzene rings is 2. The highest BCUT2D eigenvalue weighted by Crippen LogP contribution is 2.34. The zero-order valence-corrected chi connectivity index (χ0v) is 17.8. The smallest absolute Gasteiger partial charge is 0.234 e. The van der Waals surface area contributed by atoms with E-state index in [9.17, 15) is 0 Å². The lowest BCUT2D eigenvalue weighted by Gasteiger charge is -2.28. The van der Waals surface area contributed by atoms with Crippen LogP contribution in [0, 0.1) is 0 Å². The Morgan fingerprint density at radius 1 is 0.774 bits per heavy atom. The summed E-state index contributed by atoms with van der Waals surface area (Å²) in [7, 11) is 0. The maximum absolute atomic E-state index is 6.66. The predicted octanol–water partition coefficient (Wildman–Crippen LogP) is 5.38. The fourth-order valence-electron chi connectivity index (χ4n) is 3.65. The second-order valence-corrected chi connectivity index (χ2v) is 7.43. The van der Waals surface area contributed by atoms with Gasteiger partial charge in [-0.25, -0.2) is 19.9 Å². The topological polar surface area (TPSA) is 80.8 Å². The lowest BCUT2D eigenvalue weighted by atomic mass is 9.84. The van der Waals surface area contributed by atoms with Crippen molar-refractivity contribution in [2.75, 3.05) is 4.90 Å². The average molecular weight is 411 g/mol. The number of hydrogen-bond donors (Lipinski definition) is 1. The number of rotatable bonds is 7. The lowest BCUT2D eigenvalue weighted by Crippen LogP contribution is -2.36. The summed E-state index contributed by atoms with van der Waals surface area (Å²) in [5.41, 5.74) is 10.7. The molecule has 0 aliphatic rings. The van der Waals surface area contributed by atoms with Crippen LogP contribution in [-0.4, -0.2) is 19.9 Å².